The SMILES string of the molecule is Cc1cccnc1-c1ccc(S(=O)(=O)N(C)c2ccc(NC(=O)Nc3ccccc3)cc2)s1. The molecule has 2 aromatic heterocycles. The smallest absolute Gasteiger partial charge is 0.308 e. The number of anilines is 3. The van der Waals surface area contributed by atoms with E-state index < -0.39 is 10.0 Å². The lowest BCUT2D eigenvalue weighted by Gasteiger charge is -2.19. The number of rotatable bonds is 6. The van der Waals surface area contributed by atoms with Crippen molar-refractivity contribution < 1.29 is 13.2 Å². The number of para-hydroxylation sites is 1. The number of nitrogens with one attached hydrogen (secondary N) is 2. The normalized spacial score (nSPS) is 11.1. The molecule has 0 radical (unpaired) electrons. The first-order chi connectivity index (χ1) is 15.8. The molecule has 9 heteroatoms. The minimum Gasteiger partial charge on any atom is -0.308 e. The van der Waals surface area contributed by atoms with Crippen molar-refractivity contribution in [2.24, 2.45) is 0 Å². The summed E-state index contributed by atoms with van der Waals surface area (Å²) in [5.74, 6) is 0. The van der Waals surface area contributed by atoms with Crippen molar-refractivity contribution in [2.45, 2.75) is 11.1 Å². The van der Waals surface area contributed by atoms with E-state index in [1.165, 1.54) is 22.7 Å². The number of sulfonamides is 1. The van der Waals surface area contributed by atoms with Gasteiger partial charge >= 0.3 is 6.03 Å². The standard InChI is InChI=1S/C24H22N4O3S2/c1-17-7-6-16-25-23(17)21-14-15-22(32-21)33(30,31)28(2)20-12-10-19(11-13-20)27-24(29)26-18-8-4-3-5-9-18/h3-16H,1-2H3,(H2,26,27,29). The van der Waals surface area contributed by atoms with Crippen LogP contribution in [0.1, 0.15) is 5.56 Å². The zero-order valence-electron chi connectivity index (χ0n) is 18.0. The Labute approximate surface area is 196 Å². The monoisotopic (exact) mass is 478 g/mol. The molecule has 4 rings (SSSR count). The highest BCUT2D eigenvalue weighted by atomic mass is 32.2. The number of amides is 2. The quantitative estimate of drug-likeness (QED) is 0.378. The molecule has 4 aromatic rings. The topological polar surface area (TPSA) is 91.4 Å². The van der Waals surface area contributed by atoms with E-state index in [2.05, 4.69) is 15.6 Å². The fourth-order valence-corrected chi connectivity index (χ4v) is 5.91. The third-order valence-corrected chi connectivity index (χ3v) is 8.30. The van der Waals surface area contributed by atoms with E-state index in [0.717, 1.165) is 16.1 Å². The molecular weight excluding hydrogens is 456 g/mol. The van der Waals surface area contributed by atoms with Crippen molar-refractivity contribution >= 4 is 44.5 Å². The van der Waals surface area contributed by atoms with E-state index in [0.29, 0.717) is 17.1 Å². The minimum absolute atomic E-state index is 0.231. The van der Waals surface area contributed by atoms with Crippen LogP contribution in [0.5, 0.6) is 0 Å². The van der Waals surface area contributed by atoms with E-state index >= 15 is 0 Å². The molecule has 0 unspecified atom stereocenters. The third kappa shape index (κ3) is 5.05. The first kappa shape index (κ1) is 22.5. The van der Waals surface area contributed by atoms with Gasteiger partial charge in [0, 0.05) is 24.6 Å². The Hall–Kier alpha value is -3.69. The molecule has 7 nitrogen and oxygen atoms in total. The molecule has 0 atom stereocenters. The van der Waals surface area contributed by atoms with Crippen molar-refractivity contribution in [3.05, 3.63) is 90.6 Å². The van der Waals surface area contributed by atoms with Crippen LogP contribution in [0, 0.1) is 6.92 Å². The second-order valence-corrected chi connectivity index (χ2v) is 10.5. The number of benzene rings is 2. The second-order valence-electron chi connectivity index (χ2n) is 7.25. The molecule has 2 N–H and O–H groups in total. The molecule has 0 aliphatic carbocycles. The number of thiophene rings is 1. The number of nitrogens with zero attached hydrogens (tertiary/aromatic N) is 2. The van der Waals surface area contributed by atoms with E-state index in [-0.39, 0.29) is 10.2 Å². The molecule has 168 valence electrons. The molecule has 0 bridgehead atoms. The summed E-state index contributed by atoms with van der Waals surface area (Å²) < 4.78 is 27.8. The summed E-state index contributed by atoms with van der Waals surface area (Å²) in [4.78, 5) is 17.3. The van der Waals surface area contributed by atoms with Gasteiger partial charge in [-0.25, -0.2) is 13.2 Å². The lowest BCUT2D eigenvalue weighted by molar-refractivity contribution is 0.262. The van der Waals surface area contributed by atoms with Crippen LogP contribution in [0.15, 0.2) is 89.3 Å². The maximum Gasteiger partial charge on any atom is 0.323 e. The number of hydrogen-bond acceptors (Lipinski definition) is 5. The van der Waals surface area contributed by atoms with Gasteiger partial charge in [-0.05, 0) is 67.1 Å². The highest BCUT2D eigenvalue weighted by Crippen LogP contribution is 2.34. The predicted octanol–water partition coefficient (Wildman–Crippen LogP) is 5.59. The van der Waals surface area contributed by atoms with Crippen LogP contribution in [0.25, 0.3) is 10.6 Å². The largest absolute Gasteiger partial charge is 0.323 e. The Balaban J connectivity index is 1.47. The van der Waals surface area contributed by atoms with Crippen molar-refractivity contribution in [1.82, 2.24) is 4.98 Å². The molecule has 2 amide bonds. The Morgan fingerprint density at radius 2 is 1.55 bits per heavy atom. The zero-order valence-corrected chi connectivity index (χ0v) is 19.7. The van der Waals surface area contributed by atoms with Gasteiger partial charge < -0.3 is 10.6 Å². The van der Waals surface area contributed by atoms with Gasteiger partial charge in [0.2, 0.25) is 0 Å². The molecule has 2 heterocycles. The molecule has 0 aliphatic rings. The Morgan fingerprint density at radius 3 is 2.21 bits per heavy atom. The highest BCUT2D eigenvalue weighted by Gasteiger charge is 2.24. The first-order valence-electron chi connectivity index (χ1n) is 10.1. The number of pyridine rings is 1. The van der Waals surface area contributed by atoms with E-state index in [9.17, 15) is 13.2 Å². The van der Waals surface area contributed by atoms with E-state index in [1.54, 1.807) is 54.7 Å². The van der Waals surface area contributed by atoms with Crippen LogP contribution in [0.4, 0.5) is 21.9 Å². The summed E-state index contributed by atoms with van der Waals surface area (Å²) in [6.45, 7) is 1.94. The average molecular weight is 479 g/mol. The van der Waals surface area contributed by atoms with Gasteiger partial charge in [-0.1, -0.05) is 24.3 Å². The first-order valence-corrected chi connectivity index (χ1v) is 12.3. The Morgan fingerprint density at radius 1 is 0.879 bits per heavy atom. The van der Waals surface area contributed by atoms with Crippen molar-refractivity contribution in [1.29, 1.82) is 0 Å². The molecule has 33 heavy (non-hydrogen) atoms. The molecule has 0 spiro atoms. The maximum absolute atomic E-state index is 13.2. The van der Waals surface area contributed by atoms with Gasteiger partial charge in [-0.2, -0.15) is 0 Å². The fraction of sp³-hybridized carbons (Fsp3) is 0.0833. The summed E-state index contributed by atoms with van der Waals surface area (Å²) in [5.41, 5.74) is 3.45. The van der Waals surface area contributed by atoms with Crippen LogP contribution in [0.2, 0.25) is 0 Å². The van der Waals surface area contributed by atoms with Crippen LogP contribution in [-0.4, -0.2) is 26.5 Å². The highest BCUT2D eigenvalue weighted by molar-refractivity contribution is 7.94. The lowest BCUT2D eigenvalue weighted by atomic mass is 10.2. The molecule has 0 aliphatic heterocycles. The van der Waals surface area contributed by atoms with Crippen LogP contribution < -0.4 is 14.9 Å². The van der Waals surface area contributed by atoms with Crippen LogP contribution >= 0.6 is 11.3 Å². The van der Waals surface area contributed by atoms with Gasteiger partial charge in [-0.3, -0.25) is 9.29 Å². The number of aryl methyl sites for hydroxylation is 1. The summed E-state index contributed by atoms with van der Waals surface area (Å²) in [6, 6.07) is 22.5. The van der Waals surface area contributed by atoms with E-state index in [4.69, 9.17) is 0 Å². The van der Waals surface area contributed by atoms with Crippen molar-refractivity contribution in [3.63, 3.8) is 0 Å². The number of hydrogen-bond donors (Lipinski definition) is 2. The molecular formula is C24H22N4O3S2. The van der Waals surface area contributed by atoms with Crippen LogP contribution in [0.3, 0.4) is 0 Å². The van der Waals surface area contributed by atoms with Gasteiger partial charge in [0.15, 0.2) is 0 Å². The summed E-state index contributed by atoms with van der Waals surface area (Å²) >= 11 is 1.19. The summed E-state index contributed by atoms with van der Waals surface area (Å²) in [5, 5.41) is 5.46. The van der Waals surface area contributed by atoms with Crippen LogP contribution in [-0.2, 0) is 10.0 Å². The van der Waals surface area contributed by atoms with Gasteiger partial charge in [0.05, 0.1) is 16.3 Å². The Bertz CT molecular complexity index is 1370. The Kier molecular flexibility index (Phi) is 6.43. The van der Waals surface area contributed by atoms with E-state index in [1.807, 2.05) is 37.3 Å². The zero-order chi connectivity index (χ0) is 23.4. The summed E-state index contributed by atoms with van der Waals surface area (Å²) in [6.07, 6.45) is 1.69. The number of aromatic nitrogens is 1. The number of carbonyl (C=O) groups excluding carboxylic acids is 1. The van der Waals surface area contributed by atoms with Gasteiger partial charge in [-0.15, -0.1) is 11.3 Å². The van der Waals surface area contributed by atoms with Gasteiger partial charge in [0.1, 0.15) is 4.21 Å². The average Bonchev–Trinajstić information content (AvgIpc) is 3.31. The predicted molar refractivity (Wildman–Crippen MR) is 133 cm³/mol. The number of carbonyl (C=O) groups is 1. The summed E-state index contributed by atoms with van der Waals surface area (Å²) in [7, 11) is -2.24. The van der Waals surface area contributed by atoms with Gasteiger partial charge in [0.25, 0.3) is 10.0 Å². The molecule has 0 saturated carbocycles. The lowest BCUT2D eigenvalue weighted by Crippen LogP contribution is -2.25. The van der Waals surface area contributed by atoms with Crippen molar-refractivity contribution in [2.75, 3.05) is 22.0 Å². The number of urea groups is 1. The molecule has 0 fully saturated rings. The third-order valence-electron chi connectivity index (χ3n) is 4.96. The molecule has 2 aromatic carbocycles. The minimum atomic E-state index is -3.74. The second kappa shape index (κ2) is 9.43. The fourth-order valence-electron chi connectivity index (χ4n) is 3.17. The maximum atomic E-state index is 13.2. The van der Waals surface area contributed by atoms with Crippen molar-refractivity contribution in [3.8, 4) is 10.6 Å². The molecule has 0 saturated heterocycles.